The largest absolute Gasteiger partial charge is 0.471 e. The minimum atomic E-state index is 0.219. The van der Waals surface area contributed by atoms with Crippen molar-refractivity contribution in [3.05, 3.63) is 29.4 Å². The highest BCUT2D eigenvalue weighted by Crippen LogP contribution is 2.35. The van der Waals surface area contributed by atoms with Gasteiger partial charge in [0.1, 0.15) is 10.8 Å². The first-order valence-corrected chi connectivity index (χ1v) is 5.61. The summed E-state index contributed by atoms with van der Waals surface area (Å²) in [5.41, 5.74) is 5.53. The van der Waals surface area contributed by atoms with Crippen LogP contribution in [-0.4, -0.2) is 16.6 Å². The van der Waals surface area contributed by atoms with Crippen molar-refractivity contribution in [2.75, 3.05) is 12.5 Å². The Kier molecular flexibility index (Phi) is 2.64. The van der Waals surface area contributed by atoms with E-state index in [-0.39, 0.29) is 19.3 Å². The highest BCUT2D eigenvalue weighted by atomic mass is 35.5. The third-order valence-electron chi connectivity index (χ3n) is 2.45. The fourth-order valence-corrected chi connectivity index (χ4v) is 1.74. The molecule has 0 aliphatic carbocycles. The number of halogens is 1. The zero-order valence-corrected chi connectivity index (χ0v) is 10.1. The Morgan fingerprint density at radius 3 is 3.00 bits per heavy atom. The lowest BCUT2D eigenvalue weighted by Crippen LogP contribution is -2.06. The molecule has 1 aliphatic rings. The van der Waals surface area contributed by atoms with E-state index in [9.17, 15) is 0 Å². The van der Waals surface area contributed by atoms with Gasteiger partial charge < -0.3 is 19.9 Å². The zero-order valence-electron chi connectivity index (χ0n) is 9.30. The van der Waals surface area contributed by atoms with Gasteiger partial charge in [-0.25, -0.2) is 4.68 Å². The van der Waals surface area contributed by atoms with Gasteiger partial charge in [-0.15, -0.1) is 0 Å². The highest BCUT2D eigenvalue weighted by Gasteiger charge is 2.13. The van der Waals surface area contributed by atoms with E-state index in [1.165, 1.54) is 4.68 Å². The van der Waals surface area contributed by atoms with Gasteiger partial charge in [0.2, 0.25) is 6.79 Å². The third-order valence-corrected chi connectivity index (χ3v) is 2.74. The number of rotatable bonds is 3. The van der Waals surface area contributed by atoms with Crippen molar-refractivity contribution in [3.63, 3.8) is 0 Å². The van der Waals surface area contributed by atoms with Crippen molar-refractivity contribution in [1.82, 2.24) is 9.78 Å². The first kappa shape index (κ1) is 11.0. The Balaban J connectivity index is 1.70. The van der Waals surface area contributed by atoms with Crippen LogP contribution < -0.4 is 19.9 Å². The number of fused-ring (bicyclic) bond motifs is 1. The number of ether oxygens (including phenoxy) is 3. The maximum Gasteiger partial charge on any atom is 0.231 e. The van der Waals surface area contributed by atoms with Crippen LogP contribution in [0.15, 0.2) is 24.4 Å². The Morgan fingerprint density at radius 1 is 1.39 bits per heavy atom. The van der Waals surface area contributed by atoms with Crippen LogP contribution in [-0.2, 0) is 6.73 Å². The standard InChI is InChI=1S/C11H10ClN3O3/c12-8-4-15(14-11(8)13)5-16-7-1-2-9-10(3-7)18-6-17-9/h1-4H,5-6H2,(H2,13,14). The van der Waals surface area contributed by atoms with Crippen LogP contribution in [0, 0.1) is 0 Å². The van der Waals surface area contributed by atoms with Crippen molar-refractivity contribution in [2.24, 2.45) is 0 Å². The van der Waals surface area contributed by atoms with Gasteiger partial charge in [0, 0.05) is 12.3 Å². The molecule has 1 aliphatic heterocycles. The number of nitrogens with two attached hydrogens (primary N) is 1. The van der Waals surface area contributed by atoms with Crippen LogP contribution in [0.5, 0.6) is 17.2 Å². The van der Waals surface area contributed by atoms with Crippen LogP contribution >= 0.6 is 11.6 Å². The lowest BCUT2D eigenvalue weighted by molar-refractivity contribution is 0.173. The summed E-state index contributed by atoms with van der Waals surface area (Å²) >= 11 is 5.79. The Morgan fingerprint density at radius 2 is 2.22 bits per heavy atom. The molecule has 1 aromatic carbocycles. The monoisotopic (exact) mass is 267 g/mol. The Hall–Kier alpha value is -2.08. The Bertz CT molecular complexity index is 565. The van der Waals surface area contributed by atoms with Crippen LogP contribution in [0.4, 0.5) is 5.82 Å². The van der Waals surface area contributed by atoms with E-state index >= 15 is 0 Å². The number of anilines is 1. The molecule has 0 bridgehead atoms. The molecule has 2 aromatic rings. The summed E-state index contributed by atoms with van der Waals surface area (Å²) in [4.78, 5) is 0. The SMILES string of the molecule is Nc1nn(COc2ccc3c(c2)OCO3)cc1Cl. The quantitative estimate of drug-likeness (QED) is 0.919. The summed E-state index contributed by atoms with van der Waals surface area (Å²) in [6, 6.07) is 5.35. The van der Waals surface area contributed by atoms with Gasteiger partial charge in [-0.2, -0.15) is 5.10 Å². The molecule has 0 saturated carbocycles. The molecule has 0 saturated heterocycles. The van der Waals surface area contributed by atoms with Crippen LogP contribution in [0.25, 0.3) is 0 Å². The summed E-state index contributed by atoms with van der Waals surface area (Å²) in [5, 5.41) is 4.39. The molecule has 2 N–H and O–H groups in total. The number of hydrogen-bond donors (Lipinski definition) is 1. The van der Waals surface area contributed by atoms with Crippen LogP contribution in [0.3, 0.4) is 0 Å². The number of nitrogen functional groups attached to an aromatic ring is 1. The first-order valence-electron chi connectivity index (χ1n) is 5.23. The average molecular weight is 268 g/mol. The second kappa shape index (κ2) is 4.30. The highest BCUT2D eigenvalue weighted by molar-refractivity contribution is 6.32. The summed E-state index contributed by atoms with van der Waals surface area (Å²) < 4.78 is 17.5. The predicted octanol–water partition coefficient (Wildman–Crippen LogP) is 1.88. The van der Waals surface area contributed by atoms with Gasteiger partial charge in [-0.3, -0.25) is 0 Å². The number of aromatic nitrogens is 2. The minimum absolute atomic E-state index is 0.219. The predicted molar refractivity (Wildman–Crippen MR) is 64.8 cm³/mol. The second-order valence-corrected chi connectivity index (χ2v) is 4.10. The fraction of sp³-hybridized carbons (Fsp3) is 0.182. The lowest BCUT2D eigenvalue weighted by atomic mass is 10.3. The van der Waals surface area contributed by atoms with Crippen molar-refractivity contribution in [3.8, 4) is 17.2 Å². The number of hydrogen-bond acceptors (Lipinski definition) is 5. The summed E-state index contributed by atoms with van der Waals surface area (Å²) in [7, 11) is 0. The molecule has 0 radical (unpaired) electrons. The third kappa shape index (κ3) is 2.02. The van der Waals surface area contributed by atoms with Crippen LogP contribution in [0.1, 0.15) is 0 Å². The molecule has 7 heteroatoms. The van der Waals surface area contributed by atoms with E-state index in [1.807, 2.05) is 0 Å². The average Bonchev–Trinajstić information content (AvgIpc) is 2.94. The first-order chi connectivity index (χ1) is 8.72. The van der Waals surface area contributed by atoms with Crippen molar-refractivity contribution in [1.29, 1.82) is 0 Å². The van der Waals surface area contributed by atoms with Gasteiger partial charge in [-0.05, 0) is 12.1 Å². The zero-order chi connectivity index (χ0) is 12.5. The summed E-state index contributed by atoms with van der Waals surface area (Å²) in [5.74, 6) is 2.33. The summed E-state index contributed by atoms with van der Waals surface area (Å²) in [6.45, 7) is 0.459. The topological polar surface area (TPSA) is 71.5 Å². The molecule has 0 atom stereocenters. The number of benzene rings is 1. The summed E-state index contributed by atoms with van der Waals surface area (Å²) in [6.07, 6.45) is 1.60. The van der Waals surface area contributed by atoms with E-state index < -0.39 is 0 Å². The normalized spacial score (nSPS) is 12.7. The molecule has 94 valence electrons. The molecule has 3 rings (SSSR count). The van der Waals surface area contributed by atoms with E-state index in [2.05, 4.69) is 5.10 Å². The van der Waals surface area contributed by atoms with Gasteiger partial charge >= 0.3 is 0 Å². The van der Waals surface area contributed by atoms with Gasteiger partial charge in [-0.1, -0.05) is 11.6 Å². The van der Waals surface area contributed by atoms with E-state index in [1.54, 1.807) is 24.4 Å². The molecule has 0 spiro atoms. The molecule has 6 nitrogen and oxygen atoms in total. The number of nitrogens with zero attached hydrogens (tertiary/aromatic N) is 2. The van der Waals surface area contributed by atoms with E-state index in [0.29, 0.717) is 22.3 Å². The molecule has 1 aromatic heterocycles. The van der Waals surface area contributed by atoms with Gasteiger partial charge in [0.25, 0.3) is 0 Å². The van der Waals surface area contributed by atoms with Gasteiger partial charge in [0.15, 0.2) is 24.0 Å². The van der Waals surface area contributed by atoms with Gasteiger partial charge in [0.05, 0.1) is 0 Å². The van der Waals surface area contributed by atoms with Crippen LogP contribution in [0.2, 0.25) is 5.02 Å². The molecular formula is C11H10ClN3O3. The molecule has 18 heavy (non-hydrogen) atoms. The van der Waals surface area contributed by atoms with E-state index in [4.69, 9.17) is 31.5 Å². The Labute approximate surface area is 108 Å². The van der Waals surface area contributed by atoms with Crippen molar-refractivity contribution in [2.45, 2.75) is 6.73 Å². The maximum absolute atomic E-state index is 5.79. The smallest absolute Gasteiger partial charge is 0.231 e. The minimum Gasteiger partial charge on any atom is -0.471 e. The van der Waals surface area contributed by atoms with Crippen molar-refractivity contribution < 1.29 is 14.2 Å². The molecule has 0 amide bonds. The lowest BCUT2D eigenvalue weighted by Gasteiger charge is -2.06. The molecular weight excluding hydrogens is 258 g/mol. The maximum atomic E-state index is 5.79. The fourth-order valence-electron chi connectivity index (χ4n) is 1.59. The molecule has 2 heterocycles. The second-order valence-electron chi connectivity index (χ2n) is 3.69. The van der Waals surface area contributed by atoms with Crippen molar-refractivity contribution >= 4 is 17.4 Å². The molecule has 0 fully saturated rings. The molecule has 0 unspecified atom stereocenters. The van der Waals surface area contributed by atoms with E-state index in [0.717, 1.165) is 0 Å².